The van der Waals surface area contributed by atoms with Crippen LogP contribution in [0.15, 0.2) is 32.5 Å². The van der Waals surface area contributed by atoms with E-state index in [9.17, 15) is 0 Å². The molecule has 1 heterocycles. The van der Waals surface area contributed by atoms with Gasteiger partial charge in [-0.15, -0.1) is 11.3 Å². The smallest absolute Gasteiger partial charge is 0.133 e. The van der Waals surface area contributed by atoms with Crippen LogP contribution in [-0.4, -0.2) is 14.2 Å². The summed E-state index contributed by atoms with van der Waals surface area (Å²) < 4.78 is 7.48. The zero-order valence-electron chi connectivity index (χ0n) is 11.7. The van der Waals surface area contributed by atoms with Crippen LogP contribution in [0.3, 0.4) is 0 Å². The number of nitrogens with one attached hydrogen (secondary N) is 1. The average molecular weight is 419 g/mol. The van der Waals surface area contributed by atoms with Crippen molar-refractivity contribution in [1.29, 1.82) is 0 Å². The van der Waals surface area contributed by atoms with Gasteiger partial charge < -0.3 is 10.1 Å². The molecule has 0 aliphatic heterocycles. The zero-order valence-corrected chi connectivity index (χ0v) is 15.7. The van der Waals surface area contributed by atoms with Crippen LogP contribution in [-0.2, 0) is 6.42 Å². The second kappa shape index (κ2) is 7.07. The second-order valence-corrected chi connectivity index (χ2v) is 7.88. The number of rotatable bonds is 5. The fraction of sp³-hybridized carbons (Fsp3) is 0.333. The van der Waals surface area contributed by atoms with Crippen LogP contribution in [0.25, 0.3) is 0 Å². The van der Waals surface area contributed by atoms with Crippen molar-refractivity contribution in [3.63, 3.8) is 0 Å². The van der Waals surface area contributed by atoms with Crippen molar-refractivity contribution < 1.29 is 4.74 Å². The molecule has 0 radical (unpaired) electrons. The van der Waals surface area contributed by atoms with E-state index in [-0.39, 0.29) is 0 Å². The number of hydrogen-bond donors (Lipinski definition) is 1. The van der Waals surface area contributed by atoms with E-state index in [0.29, 0.717) is 6.04 Å². The molecular weight excluding hydrogens is 402 g/mol. The monoisotopic (exact) mass is 417 g/mol. The quantitative estimate of drug-likeness (QED) is 0.729. The molecule has 1 aromatic carbocycles. The minimum Gasteiger partial charge on any atom is -0.496 e. The molecule has 2 nitrogen and oxygen atoms in total. The van der Waals surface area contributed by atoms with Gasteiger partial charge in [0.05, 0.1) is 15.4 Å². The molecule has 0 amide bonds. The predicted octanol–water partition coefficient (Wildman–Crippen LogP) is 5.09. The molecule has 1 atom stereocenters. The van der Waals surface area contributed by atoms with Crippen LogP contribution in [0.4, 0.5) is 0 Å². The van der Waals surface area contributed by atoms with Gasteiger partial charge in [0, 0.05) is 10.9 Å². The van der Waals surface area contributed by atoms with E-state index in [1.54, 1.807) is 18.4 Å². The highest BCUT2D eigenvalue weighted by Gasteiger charge is 2.15. The molecule has 0 saturated heterocycles. The molecule has 0 saturated carbocycles. The van der Waals surface area contributed by atoms with Gasteiger partial charge in [-0.05, 0) is 81.6 Å². The van der Waals surface area contributed by atoms with E-state index in [0.717, 1.165) is 16.6 Å². The van der Waals surface area contributed by atoms with Crippen molar-refractivity contribution in [3.8, 4) is 5.75 Å². The standard InChI is InChI=1S/C15H17Br2NOS/c1-9-6-14(20-15(9)17)12(18-2)8-10-4-5-13(19-3)11(16)7-10/h4-7,12,18H,8H2,1-3H3. The first-order valence-corrected chi connectivity index (χ1v) is 8.71. The third-order valence-electron chi connectivity index (χ3n) is 3.22. The number of halogens is 2. The second-order valence-electron chi connectivity index (χ2n) is 4.62. The number of hydrogen-bond acceptors (Lipinski definition) is 3. The fourth-order valence-corrected chi connectivity index (χ4v) is 4.34. The lowest BCUT2D eigenvalue weighted by Crippen LogP contribution is -2.17. The Morgan fingerprint density at radius 3 is 2.55 bits per heavy atom. The molecule has 0 aliphatic carbocycles. The first-order chi connectivity index (χ1) is 9.55. The fourth-order valence-electron chi connectivity index (χ4n) is 2.07. The van der Waals surface area contributed by atoms with Gasteiger partial charge >= 0.3 is 0 Å². The highest BCUT2D eigenvalue weighted by atomic mass is 79.9. The molecule has 0 spiro atoms. The minimum absolute atomic E-state index is 0.324. The average Bonchev–Trinajstić information content (AvgIpc) is 2.76. The van der Waals surface area contributed by atoms with Crippen molar-refractivity contribution in [2.75, 3.05) is 14.2 Å². The molecule has 0 fully saturated rings. The Bertz CT molecular complexity index is 578. The maximum Gasteiger partial charge on any atom is 0.133 e. The van der Waals surface area contributed by atoms with Crippen molar-refractivity contribution in [3.05, 3.63) is 48.5 Å². The summed E-state index contributed by atoms with van der Waals surface area (Å²) in [6.07, 6.45) is 0.950. The topological polar surface area (TPSA) is 21.3 Å². The largest absolute Gasteiger partial charge is 0.496 e. The summed E-state index contributed by atoms with van der Waals surface area (Å²) in [6.45, 7) is 2.13. The van der Waals surface area contributed by atoms with Gasteiger partial charge in [0.2, 0.25) is 0 Å². The summed E-state index contributed by atoms with van der Waals surface area (Å²) in [5.74, 6) is 0.865. The molecule has 2 rings (SSSR count). The van der Waals surface area contributed by atoms with Gasteiger partial charge in [0.1, 0.15) is 5.75 Å². The number of aryl methyl sites for hydroxylation is 1. The third-order valence-corrected chi connectivity index (χ3v) is 6.09. The molecule has 0 bridgehead atoms. The third kappa shape index (κ3) is 3.64. The SMILES string of the molecule is CNC(Cc1ccc(OC)c(Br)c1)c1cc(C)c(Br)s1. The predicted molar refractivity (Wildman–Crippen MR) is 93.0 cm³/mol. The molecule has 1 unspecified atom stereocenters. The number of likely N-dealkylation sites (N-methyl/N-ethyl adjacent to an activating group) is 1. The zero-order chi connectivity index (χ0) is 14.7. The Kier molecular flexibility index (Phi) is 5.66. The van der Waals surface area contributed by atoms with Gasteiger partial charge in [-0.25, -0.2) is 0 Å². The minimum atomic E-state index is 0.324. The Balaban J connectivity index is 2.20. The summed E-state index contributed by atoms with van der Waals surface area (Å²) in [6, 6.07) is 8.81. The number of thiophene rings is 1. The molecule has 108 valence electrons. The Labute approximate surface area is 140 Å². The summed E-state index contributed by atoms with van der Waals surface area (Å²) in [5.41, 5.74) is 2.57. The van der Waals surface area contributed by atoms with Crippen molar-refractivity contribution in [1.82, 2.24) is 5.32 Å². The van der Waals surface area contributed by atoms with E-state index in [4.69, 9.17) is 4.74 Å². The molecule has 0 aliphatic rings. The van der Waals surface area contributed by atoms with E-state index in [1.165, 1.54) is 19.8 Å². The normalized spacial score (nSPS) is 12.4. The number of benzene rings is 1. The molecule has 20 heavy (non-hydrogen) atoms. The van der Waals surface area contributed by atoms with Crippen LogP contribution in [0, 0.1) is 6.92 Å². The van der Waals surface area contributed by atoms with E-state index < -0.39 is 0 Å². The summed E-state index contributed by atoms with van der Waals surface area (Å²) >= 11 is 8.93. The molecular formula is C15H17Br2NOS. The first-order valence-electron chi connectivity index (χ1n) is 6.30. The number of methoxy groups -OCH3 is 1. The molecule has 2 aromatic rings. The van der Waals surface area contributed by atoms with Crippen LogP contribution < -0.4 is 10.1 Å². The van der Waals surface area contributed by atoms with Gasteiger partial charge in [0.25, 0.3) is 0 Å². The highest BCUT2D eigenvalue weighted by molar-refractivity contribution is 9.11. The Hall–Kier alpha value is -0.360. The summed E-state index contributed by atoms with van der Waals surface area (Å²) in [7, 11) is 3.69. The molecule has 5 heteroatoms. The van der Waals surface area contributed by atoms with Crippen LogP contribution in [0.1, 0.15) is 22.0 Å². The lowest BCUT2D eigenvalue weighted by atomic mass is 10.0. The van der Waals surface area contributed by atoms with Gasteiger partial charge in [0.15, 0.2) is 0 Å². The molecule has 1 N–H and O–H groups in total. The lowest BCUT2D eigenvalue weighted by molar-refractivity contribution is 0.412. The van der Waals surface area contributed by atoms with E-state index in [1.807, 2.05) is 13.1 Å². The van der Waals surface area contributed by atoms with Crippen molar-refractivity contribution >= 4 is 43.2 Å². The first kappa shape index (κ1) is 16.0. The lowest BCUT2D eigenvalue weighted by Gasteiger charge is -2.15. The maximum atomic E-state index is 5.27. The highest BCUT2D eigenvalue weighted by Crippen LogP contribution is 2.33. The van der Waals surface area contributed by atoms with Gasteiger partial charge in [-0.2, -0.15) is 0 Å². The summed E-state index contributed by atoms with van der Waals surface area (Å²) in [4.78, 5) is 1.35. The summed E-state index contributed by atoms with van der Waals surface area (Å²) in [5, 5.41) is 3.40. The van der Waals surface area contributed by atoms with Crippen molar-refractivity contribution in [2.45, 2.75) is 19.4 Å². The van der Waals surface area contributed by atoms with Crippen LogP contribution in [0.5, 0.6) is 5.75 Å². The van der Waals surface area contributed by atoms with Crippen LogP contribution in [0.2, 0.25) is 0 Å². The van der Waals surface area contributed by atoms with E-state index >= 15 is 0 Å². The number of ether oxygens (including phenoxy) is 1. The molecule has 1 aromatic heterocycles. The van der Waals surface area contributed by atoms with Crippen molar-refractivity contribution in [2.24, 2.45) is 0 Å². The Morgan fingerprint density at radius 2 is 2.05 bits per heavy atom. The van der Waals surface area contributed by atoms with Gasteiger partial charge in [-0.1, -0.05) is 6.07 Å². The van der Waals surface area contributed by atoms with E-state index in [2.05, 4.69) is 62.3 Å². The van der Waals surface area contributed by atoms with Gasteiger partial charge in [-0.3, -0.25) is 0 Å². The maximum absolute atomic E-state index is 5.27. The van der Waals surface area contributed by atoms with Crippen LogP contribution >= 0.6 is 43.2 Å². The Morgan fingerprint density at radius 1 is 1.30 bits per heavy atom.